The normalized spacial score (nSPS) is 10.2. The lowest BCUT2D eigenvalue weighted by Gasteiger charge is -2.21. The number of benzene rings is 2. The van der Waals surface area contributed by atoms with Gasteiger partial charge < -0.3 is 15.5 Å². The van der Waals surface area contributed by atoms with Crippen molar-refractivity contribution in [3.05, 3.63) is 60.2 Å². The fourth-order valence-electron chi connectivity index (χ4n) is 2.48. The molecular weight excluding hydrogens is 302 g/mol. The molecular formula is C19H25N3S. The van der Waals surface area contributed by atoms with Crippen molar-refractivity contribution < 1.29 is 0 Å². The third kappa shape index (κ3) is 5.57. The molecule has 2 N–H and O–H groups in total. The van der Waals surface area contributed by atoms with Crippen LogP contribution >= 0.6 is 12.2 Å². The fourth-order valence-corrected chi connectivity index (χ4v) is 2.70. The van der Waals surface area contributed by atoms with E-state index in [4.69, 9.17) is 12.2 Å². The second-order valence-electron chi connectivity index (χ2n) is 5.34. The first-order chi connectivity index (χ1) is 11.2. The summed E-state index contributed by atoms with van der Waals surface area (Å²) in [7, 11) is 0. The molecule has 0 aromatic heterocycles. The highest BCUT2D eigenvalue weighted by Gasteiger charge is 2.02. The molecule has 0 atom stereocenters. The van der Waals surface area contributed by atoms with Crippen LogP contribution in [-0.2, 0) is 6.42 Å². The average molecular weight is 327 g/mol. The predicted octanol–water partition coefficient (Wildman–Crippen LogP) is 4.06. The van der Waals surface area contributed by atoms with E-state index < -0.39 is 0 Å². The van der Waals surface area contributed by atoms with E-state index in [1.807, 2.05) is 6.07 Å². The molecule has 3 nitrogen and oxygen atoms in total. The van der Waals surface area contributed by atoms with Crippen LogP contribution < -0.4 is 15.5 Å². The van der Waals surface area contributed by atoms with Crippen LogP contribution in [0.2, 0.25) is 0 Å². The van der Waals surface area contributed by atoms with E-state index in [1.165, 1.54) is 11.3 Å². The third-order valence-corrected chi connectivity index (χ3v) is 4.04. The van der Waals surface area contributed by atoms with E-state index >= 15 is 0 Å². The molecule has 122 valence electrons. The van der Waals surface area contributed by atoms with Crippen molar-refractivity contribution in [1.82, 2.24) is 5.32 Å². The Balaban J connectivity index is 1.78. The lowest BCUT2D eigenvalue weighted by molar-refractivity contribution is 0.866. The molecule has 0 aliphatic heterocycles. The van der Waals surface area contributed by atoms with Gasteiger partial charge in [0.05, 0.1) is 0 Å². The van der Waals surface area contributed by atoms with Gasteiger partial charge in [-0.15, -0.1) is 0 Å². The highest BCUT2D eigenvalue weighted by molar-refractivity contribution is 7.80. The zero-order valence-electron chi connectivity index (χ0n) is 13.9. The first-order valence-corrected chi connectivity index (χ1v) is 8.57. The van der Waals surface area contributed by atoms with E-state index in [9.17, 15) is 0 Å². The van der Waals surface area contributed by atoms with Gasteiger partial charge in [0.15, 0.2) is 5.11 Å². The van der Waals surface area contributed by atoms with E-state index in [-0.39, 0.29) is 0 Å². The van der Waals surface area contributed by atoms with Crippen LogP contribution in [0.1, 0.15) is 19.4 Å². The first-order valence-electron chi connectivity index (χ1n) is 8.16. The molecule has 0 saturated heterocycles. The monoisotopic (exact) mass is 327 g/mol. The van der Waals surface area contributed by atoms with Gasteiger partial charge in [-0.3, -0.25) is 0 Å². The molecule has 23 heavy (non-hydrogen) atoms. The second kappa shape index (κ2) is 9.16. The Morgan fingerprint density at radius 3 is 2.22 bits per heavy atom. The van der Waals surface area contributed by atoms with Gasteiger partial charge in [-0.1, -0.05) is 30.3 Å². The van der Waals surface area contributed by atoms with Crippen molar-refractivity contribution in [3.63, 3.8) is 0 Å². The highest BCUT2D eigenvalue weighted by atomic mass is 32.1. The topological polar surface area (TPSA) is 27.3 Å². The standard InChI is InChI=1S/C19H25N3S/c1-3-22(4-2)18-12-10-17(11-13-18)21-19(23)20-15-14-16-8-6-5-7-9-16/h5-13H,3-4,14-15H2,1-2H3,(H2,20,21,23). The minimum absolute atomic E-state index is 0.663. The van der Waals surface area contributed by atoms with Crippen LogP contribution in [0.5, 0.6) is 0 Å². The molecule has 0 amide bonds. The number of nitrogens with one attached hydrogen (secondary N) is 2. The van der Waals surface area contributed by atoms with Gasteiger partial charge in [0.2, 0.25) is 0 Å². The van der Waals surface area contributed by atoms with Crippen molar-refractivity contribution in [3.8, 4) is 0 Å². The van der Waals surface area contributed by atoms with E-state index in [2.05, 4.69) is 77.9 Å². The van der Waals surface area contributed by atoms with Crippen LogP contribution in [-0.4, -0.2) is 24.7 Å². The Hall–Kier alpha value is -2.07. The predicted molar refractivity (Wildman–Crippen MR) is 104 cm³/mol. The number of thiocarbonyl (C=S) groups is 1. The minimum atomic E-state index is 0.663. The van der Waals surface area contributed by atoms with Crippen LogP contribution in [0.25, 0.3) is 0 Å². The molecule has 2 aromatic rings. The molecule has 0 radical (unpaired) electrons. The van der Waals surface area contributed by atoms with Crippen LogP contribution in [0.15, 0.2) is 54.6 Å². The maximum atomic E-state index is 5.35. The summed E-state index contributed by atoms with van der Waals surface area (Å²) in [5.74, 6) is 0. The summed E-state index contributed by atoms with van der Waals surface area (Å²) in [6.45, 7) is 7.20. The molecule has 0 heterocycles. The molecule has 0 fully saturated rings. The van der Waals surface area contributed by atoms with Gasteiger partial charge in [0.25, 0.3) is 0 Å². The average Bonchev–Trinajstić information content (AvgIpc) is 2.58. The number of hydrogen-bond acceptors (Lipinski definition) is 2. The smallest absolute Gasteiger partial charge is 0.170 e. The summed E-state index contributed by atoms with van der Waals surface area (Å²) in [5, 5.41) is 7.14. The molecule has 4 heteroatoms. The second-order valence-corrected chi connectivity index (χ2v) is 5.74. The van der Waals surface area contributed by atoms with E-state index in [0.717, 1.165) is 31.7 Å². The Kier molecular flexibility index (Phi) is 6.88. The Morgan fingerprint density at radius 1 is 0.957 bits per heavy atom. The summed E-state index contributed by atoms with van der Waals surface area (Å²) in [6, 6.07) is 18.8. The van der Waals surface area contributed by atoms with Gasteiger partial charge in [0.1, 0.15) is 0 Å². The quantitative estimate of drug-likeness (QED) is 0.750. The number of anilines is 2. The van der Waals surface area contributed by atoms with Crippen molar-refractivity contribution in [1.29, 1.82) is 0 Å². The van der Waals surface area contributed by atoms with Gasteiger partial charge >= 0.3 is 0 Å². The largest absolute Gasteiger partial charge is 0.372 e. The van der Waals surface area contributed by atoms with Crippen molar-refractivity contribution in [2.75, 3.05) is 29.9 Å². The molecule has 0 spiro atoms. The highest BCUT2D eigenvalue weighted by Crippen LogP contribution is 2.17. The van der Waals surface area contributed by atoms with E-state index in [1.54, 1.807) is 0 Å². The van der Waals surface area contributed by atoms with Crippen molar-refractivity contribution in [2.45, 2.75) is 20.3 Å². The Morgan fingerprint density at radius 2 is 1.61 bits per heavy atom. The zero-order chi connectivity index (χ0) is 16.5. The molecule has 0 aliphatic carbocycles. The van der Waals surface area contributed by atoms with Crippen LogP contribution in [0.4, 0.5) is 11.4 Å². The first kappa shape index (κ1) is 17.3. The zero-order valence-corrected chi connectivity index (χ0v) is 14.7. The lowest BCUT2D eigenvalue weighted by atomic mass is 10.1. The fraction of sp³-hybridized carbons (Fsp3) is 0.316. The third-order valence-electron chi connectivity index (χ3n) is 3.80. The summed E-state index contributed by atoms with van der Waals surface area (Å²) >= 11 is 5.35. The molecule has 2 rings (SSSR count). The van der Waals surface area contributed by atoms with Crippen molar-refractivity contribution >= 4 is 28.7 Å². The van der Waals surface area contributed by atoms with Crippen LogP contribution in [0, 0.1) is 0 Å². The molecule has 0 bridgehead atoms. The number of hydrogen-bond donors (Lipinski definition) is 2. The molecule has 0 unspecified atom stereocenters. The van der Waals surface area contributed by atoms with E-state index in [0.29, 0.717) is 5.11 Å². The van der Waals surface area contributed by atoms with Gasteiger partial charge in [-0.2, -0.15) is 0 Å². The van der Waals surface area contributed by atoms with Crippen molar-refractivity contribution in [2.24, 2.45) is 0 Å². The van der Waals surface area contributed by atoms with Gasteiger partial charge in [0, 0.05) is 31.0 Å². The van der Waals surface area contributed by atoms with Gasteiger partial charge in [-0.05, 0) is 62.3 Å². The summed E-state index contributed by atoms with van der Waals surface area (Å²) in [5.41, 5.74) is 3.56. The van der Waals surface area contributed by atoms with Gasteiger partial charge in [-0.25, -0.2) is 0 Å². The maximum absolute atomic E-state index is 5.35. The Labute approximate surface area is 144 Å². The number of rotatable bonds is 7. The summed E-state index contributed by atoms with van der Waals surface area (Å²) < 4.78 is 0. The minimum Gasteiger partial charge on any atom is -0.372 e. The van der Waals surface area contributed by atoms with Crippen LogP contribution in [0.3, 0.4) is 0 Å². The SMILES string of the molecule is CCN(CC)c1ccc(NC(=S)NCCc2ccccc2)cc1. The molecule has 0 saturated carbocycles. The molecule has 2 aromatic carbocycles. The summed E-state index contributed by atoms with van der Waals surface area (Å²) in [6.07, 6.45) is 0.962. The molecule has 0 aliphatic rings. The summed E-state index contributed by atoms with van der Waals surface area (Å²) in [4.78, 5) is 2.32. The number of nitrogens with zero attached hydrogens (tertiary/aromatic N) is 1. The lowest BCUT2D eigenvalue weighted by Crippen LogP contribution is -2.30. The Bertz CT molecular complexity index is 592. The maximum Gasteiger partial charge on any atom is 0.170 e.